The molecule has 1 aromatic heterocycles. The first-order valence-electron chi connectivity index (χ1n) is 8.25. The van der Waals surface area contributed by atoms with E-state index in [9.17, 15) is 14.4 Å². The molecule has 0 saturated heterocycles. The van der Waals surface area contributed by atoms with E-state index in [0.29, 0.717) is 11.7 Å². The molecular formula is C18H19N3O4S. The first-order valence-corrected chi connectivity index (χ1v) is 9.07. The molecule has 26 heavy (non-hydrogen) atoms. The zero-order valence-electron chi connectivity index (χ0n) is 14.5. The number of nitrogens with zero attached hydrogens (tertiary/aromatic N) is 2. The minimum absolute atomic E-state index is 0.0160. The SMILES string of the molecule is CC(=O)N1CCc2ccc(-c3nc(NC(=O)CCC(=O)O)sc3C)cc21. The third kappa shape index (κ3) is 3.75. The quantitative estimate of drug-likeness (QED) is 0.839. The van der Waals surface area contributed by atoms with Gasteiger partial charge < -0.3 is 15.3 Å². The van der Waals surface area contributed by atoms with Gasteiger partial charge in [0.1, 0.15) is 0 Å². The Balaban J connectivity index is 1.82. The number of carboxylic acids is 1. The van der Waals surface area contributed by atoms with Crippen molar-refractivity contribution in [3.63, 3.8) is 0 Å². The van der Waals surface area contributed by atoms with Crippen LogP contribution in [0.5, 0.6) is 0 Å². The van der Waals surface area contributed by atoms with Gasteiger partial charge in [0, 0.05) is 36.0 Å². The third-order valence-corrected chi connectivity index (χ3v) is 5.13. The number of rotatable bonds is 5. The van der Waals surface area contributed by atoms with Crippen molar-refractivity contribution < 1.29 is 19.5 Å². The number of benzene rings is 1. The Bertz CT molecular complexity index is 891. The van der Waals surface area contributed by atoms with Crippen LogP contribution in [0.2, 0.25) is 0 Å². The van der Waals surface area contributed by atoms with Gasteiger partial charge in [-0.2, -0.15) is 0 Å². The minimum Gasteiger partial charge on any atom is -0.481 e. The fraction of sp³-hybridized carbons (Fsp3) is 0.333. The number of nitrogens with one attached hydrogen (secondary N) is 1. The second-order valence-electron chi connectivity index (χ2n) is 6.13. The summed E-state index contributed by atoms with van der Waals surface area (Å²) in [6.45, 7) is 4.16. The summed E-state index contributed by atoms with van der Waals surface area (Å²) in [5, 5.41) is 11.7. The average molecular weight is 373 g/mol. The zero-order chi connectivity index (χ0) is 18.8. The van der Waals surface area contributed by atoms with Crippen LogP contribution in [0.3, 0.4) is 0 Å². The molecule has 0 saturated carbocycles. The Labute approximate surface area is 154 Å². The van der Waals surface area contributed by atoms with Gasteiger partial charge in [0.25, 0.3) is 0 Å². The Kier molecular flexibility index (Phi) is 5.03. The van der Waals surface area contributed by atoms with Crippen molar-refractivity contribution in [1.82, 2.24) is 4.98 Å². The number of carbonyl (C=O) groups is 3. The molecule has 8 heteroatoms. The topological polar surface area (TPSA) is 99.6 Å². The van der Waals surface area contributed by atoms with Crippen molar-refractivity contribution >= 4 is 39.9 Å². The van der Waals surface area contributed by atoms with Gasteiger partial charge in [-0.05, 0) is 25.0 Å². The van der Waals surface area contributed by atoms with Crippen LogP contribution < -0.4 is 10.2 Å². The number of fused-ring (bicyclic) bond motifs is 1. The summed E-state index contributed by atoms with van der Waals surface area (Å²) in [5.41, 5.74) is 3.69. The van der Waals surface area contributed by atoms with Gasteiger partial charge in [-0.25, -0.2) is 4.98 Å². The average Bonchev–Trinajstić information content (AvgIpc) is 3.15. The van der Waals surface area contributed by atoms with E-state index >= 15 is 0 Å². The summed E-state index contributed by atoms with van der Waals surface area (Å²) < 4.78 is 0. The van der Waals surface area contributed by atoms with Crippen molar-refractivity contribution in [2.75, 3.05) is 16.8 Å². The molecule has 1 aliphatic heterocycles. The number of aryl methyl sites for hydroxylation is 1. The fourth-order valence-corrected chi connectivity index (χ4v) is 3.83. The predicted octanol–water partition coefficient (Wildman–Crippen LogP) is 2.83. The van der Waals surface area contributed by atoms with Crippen LogP contribution in [-0.4, -0.2) is 34.4 Å². The molecule has 7 nitrogen and oxygen atoms in total. The highest BCUT2D eigenvalue weighted by Crippen LogP contribution is 2.36. The molecule has 2 amide bonds. The third-order valence-electron chi connectivity index (χ3n) is 4.24. The molecule has 0 aliphatic carbocycles. The number of carbonyl (C=O) groups excluding carboxylic acids is 2. The summed E-state index contributed by atoms with van der Waals surface area (Å²) in [4.78, 5) is 41.3. The minimum atomic E-state index is -1.01. The lowest BCUT2D eigenvalue weighted by Gasteiger charge is -2.15. The van der Waals surface area contributed by atoms with E-state index in [1.807, 2.05) is 25.1 Å². The summed E-state index contributed by atoms with van der Waals surface area (Å²) in [6, 6.07) is 5.94. The lowest BCUT2D eigenvalue weighted by atomic mass is 10.1. The molecule has 0 spiro atoms. The van der Waals surface area contributed by atoms with E-state index < -0.39 is 5.97 Å². The molecule has 2 heterocycles. The fourth-order valence-electron chi connectivity index (χ4n) is 2.97. The van der Waals surface area contributed by atoms with Gasteiger partial charge >= 0.3 is 5.97 Å². The second-order valence-corrected chi connectivity index (χ2v) is 7.33. The Morgan fingerprint density at radius 1 is 1.31 bits per heavy atom. The summed E-state index contributed by atoms with van der Waals surface area (Å²) >= 11 is 1.34. The Morgan fingerprint density at radius 2 is 2.08 bits per heavy atom. The zero-order valence-corrected chi connectivity index (χ0v) is 15.4. The normalized spacial score (nSPS) is 12.8. The number of aliphatic carboxylic acids is 1. The van der Waals surface area contributed by atoms with Crippen LogP contribution in [0.4, 0.5) is 10.8 Å². The lowest BCUT2D eigenvalue weighted by Crippen LogP contribution is -2.25. The van der Waals surface area contributed by atoms with Gasteiger partial charge in [-0.3, -0.25) is 14.4 Å². The number of amides is 2. The van der Waals surface area contributed by atoms with Crippen LogP contribution in [-0.2, 0) is 20.8 Å². The van der Waals surface area contributed by atoms with E-state index in [4.69, 9.17) is 5.11 Å². The highest BCUT2D eigenvalue weighted by Gasteiger charge is 2.23. The first-order chi connectivity index (χ1) is 12.3. The smallest absolute Gasteiger partial charge is 0.303 e. The molecule has 1 aromatic carbocycles. The number of hydrogen-bond acceptors (Lipinski definition) is 5. The summed E-state index contributed by atoms with van der Waals surface area (Å²) in [5.74, 6) is -1.36. The maximum Gasteiger partial charge on any atom is 0.303 e. The summed E-state index contributed by atoms with van der Waals surface area (Å²) in [6.07, 6.45) is 0.542. The molecule has 2 N–H and O–H groups in total. The van der Waals surface area contributed by atoms with Crippen molar-refractivity contribution in [3.8, 4) is 11.3 Å². The van der Waals surface area contributed by atoms with E-state index in [0.717, 1.165) is 33.8 Å². The lowest BCUT2D eigenvalue weighted by molar-refractivity contribution is -0.138. The molecule has 0 fully saturated rings. The molecule has 136 valence electrons. The van der Waals surface area contributed by atoms with Crippen LogP contribution in [0.15, 0.2) is 18.2 Å². The van der Waals surface area contributed by atoms with Crippen LogP contribution >= 0.6 is 11.3 Å². The Hall–Kier alpha value is -2.74. The molecule has 0 radical (unpaired) electrons. The number of hydrogen-bond donors (Lipinski definition) is 2. The molecule has 1 aliphatic rings. The van der Waals surface area contributed by atoms with E-state index in [2.05, 4.69) is 10.3 Å². The number of carboxylic acid groups (broad SMARTS) is 1. The van der Waals surface area contributed by atoms with Gasteiger partial charge in [0.15, 0.2) is 5.13 Å². The molecule has 0 atom stereocenters. The van der Waals surface area contributed by atoms with Gasteiger partial charge in [0.2, 0.25) is 11.8 Å². The molecular weight excluding hydrogens is 354 g/mol. The monoisotopic (exact) mass is 373 g/mol. The first kappa shape index (κ1) is 18.1. The van der Waals surface area contributed by atoms with Crippen LogP contribution in [0.25, 0.3) is 11.3 Å². The second kappa shape index (κ2) is 7.25. The number of anilines is 2. The van der Waals surface area contributed by atoms with Crippen molar-refractivity contribution in [2.24, 2.45) is 0 Å². The maximum absolute atomic E-state index is 11.8. The van der Waals surface area contributed by atoms with Crippen molar-refractivity contribution in [1.29, 1.82) is 0 Å². The van der Waals surface area contributed by atoms with Gasteiger partial charge in [-0.15, -0.1) is 11.3 Å². The largest absolute Gasteiger partial charge is 0.481 e. The van der Waals surface area contributed by atoms with Gasteiger partial charge in [0.05, 0.1) is 12.1 Å². The summed E-state index contributed by atoms with van der Waals surface area (Å²) in [7, 11) is 0. The van der Waals surface area contributed by atoms with E-state index in [-0.39, 0.29) is 24.7 Å². The van der Waals surface area contributed by atoms with Crippen molar-refractivity contribution in [2.45, 2.75) is 33.1 Å². The molecule has 0 bridgehead atoms. The van der Waals surface area contributed by atoms with Crippen LogP contribution in [0, 0.1) is 6.92 Å². The molecule has 3 rings (SSSR count). The Morgan fingerprint density at radius 3 is 2.77 bits per heavy atom. The van der Waals surface area contributed by atoms with E-state index in [1.165, 1.54) is 11.3 Å². The standard InChI is InChI=1S/C18H19N3O4S/c1-10-17(20-18(26-10)19-15(23)5-6-16(24)25)13-4-3-12-7-8-21(11(2)22)14(12)9-13/h3-4,9H,5-8H2,1-2H3,(H,24,25)(H,19,20,23). The predicted molar refractivity (Wildman–Crippen MR) is 99.5 cm³/mol. The highest BCUT2D eigenvalue weighted by atomic mass is 32.1. The molecule has 2 aromatic rings. The van der Waals surface area contributed by atoms with Crippen LogP contribution in [0.1, 0.15) is 30.2 Å². The molecule has 0 unspecified atom stereocenters. The van der Waals surface area contributed by atoms with Gasteiger partial charge in [-0.1, -0.05) is 12.1 Å². The van der Waals surface area contributed by atoms with Crippen molar-refractivity contribution in [3.05, 3.63) is 28.6 Å². The van der Waals surface area contributed by atoms with E-state index in [1.54, 1.807) is 11.8 Å². The highest BCUT2D eigenvalue weighted by molar-refractivity contribution is 7.16. The maximum atomic E-state index is 11.8. The number of aromatic nitrogens is 1. The number of thiazole rings is 1.